The SMILES string of the molecule is CC(O)(c1cc(F)cc(F)c1)C(F)F. The molecule has 0 heterocycles. The van der Waals surface area contributed by atoms with Crippen LogP contribution in [-0.2, 0) is 5.60 Å². The van der Waals surface area contributed by atoms with E-state index in [-0.39, 0.29) is 0 Å². The van der Waals surface area contributed by atoms with Crippen molar-refractivity contribution in [2.45, 2.75) is 19.0 Å². The molecule has 0 bridgehead atoms. The van der Waals surface area contributed by atoms with E-state index in [9.17, 15) is 22.7 Å². The lowest BCUT2D eigenvalue weighted by Gasteiger charge is -2.22. The third-order valence-electron chi connectivity index (χ3n) is 1.87. The molecule has 0 saturated carbocycles. The standard InChI is InChI=1S/C9H8F4O/c1-9(14,8(12)13)5-2-6(10)4-7(11)3-5/h2-4,8,14H,1H3. The Morgan fingerprint density at radius 1 is 1.14 bits per heavy atom. The minimum absolute atomic E-state index is 0.481. The lowest BCUT2D eigenvalue weighted by Crippen LogP contribution is -2.30. The second-order valence-corrected chi connectivity index (χ2v) is 3.11. The van der Waals surface area contributed by atoms with E-state index in [0.717, 1.165) is 6.92 Å². The molecule has 1 atom stereocenters. The molecule has 0 amide bonds. The normalized spacial score (nSPS) is 15.6. The van der Waals surface area contributed by atoms with Crippen molar-refractivity contribution in [1.82, 2.24) is 0 Å². The van der Waals surface area contributed by atoms with Crippen LogP contribution < -0.4 is 0 Å². The van der Waals surface area contributed by atoms with Crippen LogP contribution in [0.3, 0.4) is 0 Å². The van der Waals surface area contributed by atoms with Gasteiger partial charge in [0.25, 0.3) is 6.43 Å². The average molecular weight is 208 g/mol. The van der Waals surface area contributed by atoms with Crippen molar-refractivity contribution >= 4 is 0 Å². The van der Waals surface area contributed by atoms with Gasteiger partial charge in [-0.2, -0.15) is 0 Å². The lowest BCUT2D eigenvalue weighted by molar-refractivity contribution is -0.0886. The van der Waals surface area contributed by atoms with Crippen LogP contribution in [0.15, 0.2) is 18.2 Å². The Morgan fingerprint density at radius 3 is 1.93 bits per heavy atom. The van der Waals surface area contributed by atoms with Gasteiger partial charge < -0.3 is 5.11 Å². The number of aliphatic hydroxyl groups is 1. The third kappa shape index (κ3) is 2.04. The number of benzene rings is 1. The van der Waals surface area contributed by atoms with Crippen molar-refractivity contribution in [2.75, 3.05) is 0 Å². The average Bonchev–Trinajstić information content (AvgIpc) is 2.01. The van der Waals surface area contributed by atoms with Gasteiger partial charge in [-0.15, -0.1) is 0 Å². The Kier molecular flexibility index (Phi) is 2.80. The van der Waals surface area contributed by atoms with E-state index in [1.165, 1.54) is 0 Å². The quantitative estimate of drug-likeness (QED) is 0.740. The second kappa shape index (κ2) is 3.57. The van der Waals surface area contributed by atoms with E-state index < -0.39 is 29.2 Å². The molecule has 1 rings (SSSR count). The van der Waals surface area contributed by atoms with Crippen molar-refractivity contribution in [3.63, 3.8) is 0 Å². The van der Waals surface area contributed by atoms with Crippen molar-refractivity contribution in [2.24, 2.45) is 0 Å². The molecule has 0 fully saturated rings. The Morgan fingerprint density at radius 2 is 1.57 bits per heavy atom. The minimum atomic E-state index is -3.11. The van der Waals surface area contributed by atoms with Gasteiger partial charge in [-0.05, 0) is 24.6 Å². The summed E-state index contributed by atoms with van der Waals surface area (Å²) in [6.45, 7) is 0.797. The fourth-order valence-electron chi connectivity index (χ4n) is 0.972. The van der Waals surface area contributed by atoms with Gasteiger partial charge in [0.05, 0.1) is 0 Å². The summed E-state index contributed by atoms with van der Waals surface area (Å²) >= 11 is 0. The maximum atomic E-state index is 12.6. The lowest BCUT2D eigenvalue weighted by atomic mass is 9.96. The maximum absolute atomic E-state index is 12.6. The predicted octanol–water partition coefficient (Wildman–Crippen LogP) is 2.44. The summed E-state index contributed by atoms with van der Waals surface area (Å²) in [5.74, 6) is -2.00. The van der Waals surface area contributed by atoms with Crippen molar-refractivity contribution in [1.29, 1.82) is 0 Å². The van der Waals surface area contributed by atoms with Crippen LogP contribution in [0.2, 0.25) is 0 Å². The van der Waals surface area contributed by atoms with Gasteiger partial charge >= 0.3 is 0 Å². The highest BCUT2D eigenvalue weighted by molar-refractivity contribution is 5.24. The first kappa shape index (κ1) is 11.0. The molecule has 0 aliphatic rings. The monoisotopic (exact) mass is 208 g/mol. The van der Waals surface area contributed by atoms with Crippen LogP contribution >= 0.6 is 0 Å². The Hall–Kier alpha value is -1.10. The molecule has 0 aromatic heterocycles. The molecular weight excluding hydrogens is 200 g/mol. The highest BCUT2D eigenvalue weighted by atomic mass is 19.3. The largest absolute Gasteiger partial charge is 0.379 e. The van der Waals surface area contributed by atoms with E-state index in [0.29, 0.717) is 18.2 Å². The van der Waals surface area contributed by atoms with Crippen molar-refractivity contribution < 1.29 is 22.7 Å². The molecule has 0 aliphatic heterocycles. The first-order chi connectivity index (χ1) is 6.34. The minimum Gasteiger partial charge on any atom is -0.379 e. The van der Waals surface area contributed by atoms with Crippen molar-refractivity contribution in [3.05, 3.63) is 35.4 Å². The fourth-order valence-corrected chi connectivity index (χ4v) is 0.972. The number of rotatable bonds is 2. The summed E-state index contributed by atoms with van der Waals surface area (Å²) in [5, 5.41) is 9.23. The van der Waals surface area contributed by atoms with E-state index in [4.69, 9.17) is 0 Å². The zero-order valence-corrected chi connectivity index (χ0v) is 7.27. The summed E-state index contributed by atoms with van der Waals surface area (Å²) in [7, 11) is 0. The third-order valence-corrected chi connectivity index (χ3v) is 1.87. The van der Waals surface area contributed by atoms with E-state index in [2.05, 4.69) is 0 Å². The van der Waals surface area contributed by atoms with Gasteiger partial charge in [-0.1, -0.05) is 0 Å². The molecule has 1 aromatic rings. The molecule has 1 unspecified atom stereocenters. The predicted molar refractivity (Wildman–Crippen MR) is 41.9 cm³/mol. The number of alkyl halides is 2. The second-order valence-electron chi connectivity index (χ2n) is 3.11. The van der Waals surface area contributed by atoms with E-state index in [1.807, 2.05) is 0 Å². The fraction of sp³-hybridized carbons (Fsp3) is 0.333. The molecule has 78 valence electrons. The topological polar surface area (TPSA) is 20.2 Å². The van der Waals surface area contributed by atoms with Crippen LogP contribution in [0.5, 0.6) is 0 Å². The Bertz CT molecular complexity index is 315. The molecule has 1 aromatic carbocycles. The number of hydrogen-bond donors (Lipinski definition) is 1. The van der Waals surface area contributed by atoms with Crippen LogP contribution in [0, 0.1) is 11.6 Å². The van der Waals surface area contributed by atoms with Crippen LogP contribution in [0.25, 0.3) is 0 Å². The first-order valence-corrected chi connectivity index (χ1v) is 3.81. The van der Waals surface area contributed by atoms with E-state index >= 15 is 0 Å². The van der Waals surface area contributed by atoms with Crippen LogP contribution in [0.1, 0.15) is 12.5 Å². The zero-order valence-electron chi connectivity index (χ0n) is 7.27. The van der Waals surface area contributed by atoms with E-state index in [1.54, 1.807) is 0 Å². The Balaban J connectivity index is 3.18. The summed E-state index contributed by atoms with van der Waals surface area (Å²) in [6.07, 6.45) is -3.11. The number of halogens is 4. The van der Waals surface area contributed by atoms with Crippen molar-refractivity contribution in [3.8, 4) is 0 Å². The Labute approximate surface area is 78.0 Å². The van der Waals surface area contributed by atoms with Gasteiger partial charge in [0.1, 0.15) is 17.2 Å². The molecule has 0 aliphatic carbocycles. The number of hydrogen-bond acceptors (Lipinski definition) is 1. The molecule has 5 heteroatoms. The smallest absolute Gasteiger partial charge is 0.270 e. The molecule has 0 saturated heterocycles. The van der Waals surface area contributed by atoms with Crippen LogP contribution in [0.4, 0.5) is 17.6 Å². The molecular formula is C9H8F4O. The van der Waals surface area contributed by atoms with Gasteiger partial charge in [0.15, 0.2) is 0 Å². The highest BCUT2D eigenvalue weighted by Crippen LogP contribution is 2.28. The summed E-state index contributed by atoms with van der Waals surface area (Å²) in [5.41, 5.74) is -3.02. The molecule has 14 heavy (non-hydrogen) atoms. The first-order valence-electron chi connectivity index (χ1n) is 3.81. The molecule has 0 spiro atoms. The van der Waals surface area contributed by atoms with Crippen LogP contribution in [-0.4, -0.2) is 11.5 Å². The van der Waals surface area contributed by atoms with Gasteiger partial charge in [-0.25, -0.2) is 17.6 Å². The summed E-state index contributed by atoms with van der Waals surface area (Å²) < 4.78 is 49.8. The molecule has 1 N–H and O–H groups in total. The summed E-state index contributed by atoms with van der Waals surface area (Å²) in [6, 6.07) is 1.90. The summed E-state index contributed by atoms with van der Waals surface area (Å²) in [4.78, 5) is 0. The zero-order chi connectivity index (χ0) is 10.9. The van der Waals surface area contributed by atoms with Gasteiger partial charge in [0, 0.05) is 6.07 Å². The highest BCUT2D eigenvalue weighted by Gasteiger charge is 2.34. The molecule has 0 radical (unpaired) electrons. The van der Waals surface area contributed by atoms with Gasteiger partial charge in [0.2, 0.25) is 0 Å². The maximum Gasteiger partial charge on any atom is 0.270 e. The molecule has 1 nitrogen and oxygen atoms in total. The van der Waals surface area contributed by atoms with Gasteiger partial charge in [-0.3, -0.25) is 0 Å².